The molecule has 1 atom stereocenters. The first-order valence-electron chi connectivity index (χ1n) is 6.93. The van der Waals surface area contributed by atoms with Crippen molar-refractivity contribution in [3.63, 3.8) is 0 Å². The molecule has 2 aromatic rings. The van der Waals surface area contributed by atoms with E-state index in [4.69, 9.17) is 10.6 Å². The fourth-order valence-corrected chi connectivity index (χ4v) is 2.65. The Labute approximate surface area is 122 Å². The van der Waals surface area contributed by atoms with Gasteiger partial charge in [-0.2, -0.15) is 0 Å². The number of pyridine rings is 1. The Hall–Kier alpha value is -2.43. The number of hydrogen-bond acceptors (Lipinski definition) is 4. The summed E-state index contributed by atoms with van der Waals surface area (Å²) in [5.41, 5.74) is 5.87. The molecule has 1 aromatic heterocycles. The molecule has 1 aromatic carbocycles. The Bertz CT molecular complexity index is 734. The second-order valence-corrected chi connectivity index (χ2v) is 5.60. The van der Waals surface area contributed by atoms with E-state index in [1.54, 1.807) is 6.20 Å². The minimum Gasteiger partial charge on any atom is -0.378 e. The molecule has 2 heterocycles. The lowest BCUT2D eigenvalue weighted by molar-refractivity contribution is -0.146. The van der Waals surface area contributed by atoms with Gasteiger partial charge in [0.2, 0.25) is 5.60 Å². The maximum Gasteiger partial charge on any atom is 0.265 e. The van der Waals surface area contributed by atoms with Crippen LogP contribution in [0.4, 0.5) is 0 Å². The zero-order chi connectivity index (χ0) is 15.0. The van der Waals surface area contributed by atoms with Crippen molar-refractivity contribution in [2.24, 2.45) is 16.8 Å². The highest BCUT2D eigenvalue weighted by Gasteiger charge is 2.48. The standard InChI is InChI=1S/C16H17N3O2/c1-10(2)16(15(17)20)9-13(19-21-16)14-12-6-4-3-5-11(12)7-8-18-14/h3-8,10H,9H2,1-2H3,(H2,17,20)/t16-/m1/s1. The van der Waals surface area contributed by atoms with E-state index in [2.05, 4.69) is 10.1 Å². The molecule has 0 bridgehead atoms. The van der Waals surface area contributed by atoms with Crippen LogP contribution in [0.1, 0.15) is 26.0 Å². The molecule has 21 heavy (non-hydrogen) atoms. The normalized spacial score (nSPS) is 21.4. The molecule has 0 unspecified atom stereocenters. The van der Waals surface area contributed by atoms with Crippen molar-refractivity contribution in [1.82, 2.24) is 4.98 Å². The number of rotatable bonds is 3. The molecule has 0 aliphatic carbocycles. The summed E-state index contributed by atoms with van der Waals surface area (Å²) < 4.78 is 0. The van der Waals surface area contributed by atoms with Gasteiger partial charge < -0.3 is 10.6 Å². The van der Waals surface area contributed by atoms with Crippen molar-refractivity contribution in [3.8, 4) is 0 Å². The average Bonchev–Trinajstić information content (AvgIpc) is 2.93. The summed E-state index contributed by atoms with van der Waals surface area (Å²) in [6.45, 7) is 3.81. The lowest BCUT2D eigenvalue weighted by Crippen LogP contribution is -2.48. The highest BCUT2D eigenvalue weighted by atomic mass is 16.7. The number of carbonyl (C=O) groups is 1. The SMILES string of the molecule is CC(C)[C@@]1(C(N)=O)CC(c2nccc3ccccc23)=NO1. The van der Waals surface area contributed by atoms with Crippen LogP contribution in [0, 0.1) is 5.92 Å². The van der Waals surface area contributed by atoms with Gasteiger partial charge in [-0.15, -0.1) is 0 Å². The van der Waals surface area contributed by atoms with Gasteiger partial charge >= 0.3 is 0 Å². The lowest BCUT2D eigenvalue weighted by Gasteiger charge is -2.26. The molecule has 108 valence electrons. The number of hydrogen-bond donors (Lipinski definition) is 1. The van der Waals surface area contributed by atoms with Crippen LogP contribution in [0.15, 0.2) is 41.7 Å². The van der Waals surface area contributed by atoms with Gasteiger partial charge in [-0.1, -0.05) is 43.3 Å². The third-order valence-corrected chi connectivity index (χ3v) is 4.05. The maximum absolute atomic E-state index is 11.8. The van der Waals surface area contributed by atoms with Crippen LogP contribution in [0.2, 0.25) is 0 Å². The van der Waals surface area contributed by atoms with Gasteiger partial charge in [-0.25, -0.2) is 0 Å². The van der Waals surface area contributed by atoms with Crippen molar-refractivity contribution in [3.05, 3.63) is 42.2 Å². The fraction of sp³-hybridized carbons (Fsp3) is 0.312. The molecule has 1 aliphatic rings. The highest BCUT2D eigenvalue weighted by Crippen LogP contribution is 2.34. The zero-order valence-electron chi connectivity index (χ0n) is 12.0. The summed E-state index contributed by atoms with van der Waals surface area (Å²) >= 11 is 0. The summed E-state index contributed by atoms with van der Waals surface area (Å²) in [4.78, 5) is 21.7. The smallest absolute Gasteiger partial charge is 0.265 e. The third-order valence-electron chi connectivity index (χ3n) is 4.05. The van der Waals surface area contributed by atoms with Crippen LogP contribution in [0.25, 0.3) is 10.8 Å². The molecule has 5 nitrogen and oxygen atoms in total. The van der Waals surface area contributed by atoms with Crippen molar-refractivity contribution in [1.29, 1.82) is 0 Å². The van der Waals surface area contributed by atoms with Crippen molar-refractivity contribution in [2.75, 3.05) is 0 Å². The average molecular weight is 283 g/mol. The molecule has 0 saturated carbocycles. The number of aromatic nitrogens is 1. The fourth-order valence-electron chi connectivity index (χ4n) is 2.65. The number of nitrogens with two attached hydrogens (primary N) is 1. The van der Waals surface area contributed by atoms with Crippen LogP contribution in [0.5, 0.6) is 0 Å². The van der Waals surface area contributed by atoms with Gasteiger partial charge in [-0.3, -0.25) is 9.78 Å². The molecular formula is C16H17N3O2. The Morgan fingerprint density at radius 3 is 2.76 bits per heavy atom. The summed E-state index contributed by atoms with van der Waals surface area (Å²) in [5.74, 6) is -0.553. The van der Waals surface area contributed by atoms with E-state index in [0.29, 0.717) is 12.1 Å². The molecule has 1 aliphatic heterocycles. The van der Waals surface area contributed by atoms with Crippen molar-refractivity contribution >= 4 is 22.4 Å². The molecular weight excluding hydrogens is 266 g/mol. The predicted octanol–water partition coefficient (Wildman–Crippen LogP) is 2.24. The van der Waals surface area contributed by atoms with Gasteiger partial charge in [0.1, 0.15) is 5.71 Å². The van der Waals surface area contributed by atoms with Gasteiger partial charge in [0.25, 0.3) is 5.91 Å². The number of primary amides is 1. The topological polar surface area (TPSA) is 77.6 Å². The molecule has 2 N–H and O–H groups in total. The van der Waals surface area contributed by atoms with Gasteiger partial charge in [-0.05, 0) is 11.5 Å². The number of benzene rings is 1. The maximum atomic E-state index is 11.8. The molecule has 1 amide bonds. The van der Waals surface area contributed by atoms with E-state index in [1.807, 2.05) is 44.2 Å². The molecule has 5 heteroatoms. The highest BCUT2D eigenvalue weighted by molar-refractivity contribution is 6.11. The number of amides is 1. The first-order chi connectivity index (χ1) is 10.0. The summed E-state index contributed by atoms with van der Waals surface area (Å²) in [6.07, 6.45) is 2.08. The van der Waals surface area contributed by atoms with Crippen LogP contribution in [0.3, 0.4) is 0 Å². The van der Waals surface area contributed by atoms with Crippen LogP contribution in [-0.4, -0.2) is 22.2 Å². The number of carbonyl (C=O) groups excluding carboxylic acids is 1. The molecule has 3 rings (SSSR count). The van der Waals surface area contributed by atoms with E-state index in [0.717, 1.165) is 16.5 Å². The second-order valence-electron chi connectivity index (χ2n) is 5.60. The van der Waals surface area contributed by atoms with Gasteiger partial charge in [0.05, 0.1) is 5.69 Å². The predicted molar refractivity (Wildman–Crippen MR) is 80.7 cm³/mol. The molecule has 0 radical (unpaired) electrons. The summed E-state index contributed by atoms with van der Waals surface area (Å²) in [6, 6.07) is 9.87. The quantitative estimate of drug-likeness (QED) is 0.938. The van der Waals surface area contributed by atoms with Crippen molar-refractivity contribution in [2.45, 2.75) is 25.9 Å². The Morgan fingerprint density at radius 2 is 2.10 bits per heavy atom. The van der Waals surface area contributed by atoms with E-state index < -0.39 is 11.5 Å². The Morgan fingerprint density at radius 1 is 1.33 bits per heavy atom. The summed E-state index contributed by atoms with van der Waals surface area (Å²) in [7, 11) is 0. The first kappa shape index (κ1) is 13.5. The van der Waals surface area contributed by atoms with E-state index in [-0.39, 0.29) is 5.92 Å². The van der Waals surface area contributed by atoms with Gasteiger partial charge in [0, 0.05) is 23.9 Å². The molecule has 0 saturated heterocycles. The second kappa shape index (κ2) is 4.84. The van der Waals surface area contributed by atoms with Crippen LogP contribution >= 0.6 is 0 Å². The Kier molecular flexibility index (Phi) is 3.12. The third kappa shape index (κ3) is 2.05. The number of nitrogens with zero attached hydrogens (tertiary/aromatic N) is 2. The van der Waals surface area contributed by atoms with Crippen LogP contribution in [-0.2, 0) is 9.63 Å². The zero-order valence-corrected chi connectivity index (χ0v) is 12.0. The molecule has 0 spiro atoms. The minimum atomic E-state index is -1.08. The molecule has 0 fully saturated rings. The minimum absolute atomic E-state index is 0.0637. The Balaban J connectivity index is 2.04. The lowest BCUT2D eigenvalue weighted by atomic mass is 9.84. The largest absolute Gasteiger partial charge is 0.378 e. The number of fused-ring (bicyclic) bond motifs is 1. The monoisotopic (exact) mass is 283 g/mol. The van der Waals surface area contributed by atoms with Crippen molar-refractivity contribution < 1.29 is 9.63 Å². The van der Waals surface area contributed by atoms with E-state index in [9.17, 15) is 4.79 Å². The van der Waals surface area contributed by atoms with E-state index >= 15 is 0 Å². The van der Waals surface area contributed by atoms with Gasteiger partial charge in [0.15, 0.2) is 0 Å². The number of oxime groups is 1. The van der Waals surface area contributed by atoms with E-state index in [1.165, 1.54) is 0 Å². The first-order valence-corrected chi connectivity index (χ1v) is 6.93. The van der Waals surface area contributed by atoms with Crippen LogP contribution < -0.4 is 5.73 Å². The summed E-state index contributed by atoms with van der Waals surface area (Å²) in [5, 5.41) is 6.17.